The summed E-state index contributed by atoms with van der Waals surface area (Å²) in [5.74, 6) is 1.05. The summed E-state index contributed by atoms with van der Waals surface area (Å²) in [6, 6.07) is 1.43. The van der Waals surface area contributed by atoms with E-state index in [0.29, 0.717) is 21.1 Å². The fourth-order valence-electron chi connectivity index (χ4n) is 0.793. The first kappa shape index (κ1) is 11.7. The predicted molar refractivity (Wildman–Crippen MR) is 60.0 cm³/mol. The summed E-state index contributed by atoms with van der Waals surface area (Å²) in [5.41, 5.74) is 0.00879. The van der Waals surface area contributed by atoms with Crippen molar-refractivity contribution in [1.82, 2.24) is 4.98 Å². The number of hydrogen-bond acceptors (Lipinski definition) is 4. The van der Waals surface area contributed by atoms with Crippen LogP contribution in [0.2, 0.25) is 0 Å². The van der Waals surface area contributed by atoms with E-state index in [-0.39, 0.29) is 5.69 Å². The maximum atomic E-state index is 10.6. The third kappa shape index (κ3) is 3.11. The van der Waals surface area contributed by atoms with Crippen molar-refractivity contribution in [3.63, 3.8) is 0 Å². The lowest BCUT2D eigenvalue weighted by Crippen LogP contribution is -1.94. The molecule has 0 unspecified atom stereocenters. The Bertz CT molecular complexity index is 350. The lowest BCUT2D eigenvalue weighted by atomic mass is 10.4. The number of nitrogens with zero attached hydrogens (tertiary/aromatic N) is 2. The van der Waals surface area contributed by atoms with Crippen molar-refractivity contribution in [2.24, 2.45) is 0 Å². The molecule has 0 aliphatic rings. The molecular formula is C7H6BrClN2O2S. The molecule has 0 radical (unpaired) electrons. The number of nitro groups is 1. The Morgan fingerprint density at radius 2 is 2.43 bits per heavy atom. The molecule has 1 heterocycles. The summed E-state index contributed by atoms with van der Waals surface area (Å²) in [6.07, 6.45) is 1.53. The normalized spacial score (nSPS) is 10.1. The van der Waals surface area contributed by atoms with Crippen LogP contribution < -0.4 is 0 Å². The molecule has 1 aromatic rings. The zero-order valence-corrected chi connectivity index (χ0v) is 10.1. The molecular weight excluding hydrogens is 292 g/mol. The average molecular weight is 298 g/mol. The van der Waals surface area contributed by atoms with Gasteiger partial charge in [-0.15, -0.1) is 11.6 Å². The number of pyridine rings is 1. The van der Waals surface area contributed by atoms with Crippen LogP contribution in [0.25, 0.3) is 0 Å². The van der Waals surface area contributed by atoms with E-state index in [0.717, 1.165) is 0 Å². The molecule has 0 amide bonds. The minimum Gasteiger partial charge on any atom is -0.258 e. The lowest BCUT2D eigenvalue weighted by molar-refractivity contribution is -0.388. The highest BCUT2D eigenvalue weighted by molar-refractivity contribution is 9.10. The second kappa shape index (κ2) is 5.53. The Morgan fingerprint density at radius 1 is 1.71 bits per heavy atom. The molecule has 0 aliphatic carbocycles. The van der Waals surface area contributed by atoms with Crippen LogP contribution >= 0.6 is 39.3 Å². The van der Waals surface area contributed by atoms with Crippen LogP contribution in [-0.4, -0.2) is 21.5 Å². The van der Waals surface area contributed by atoms with Gasteiger partial charge in [0.15, 0.2) is 5.03 Å². The number of aromatic nitrogens is 1. The van der Waals surface area contributed by atoms with Crippen molar-refractivity contribution in [1.29, 1.82) is 0 Å². The Hall–Kier alpha value is -0.330. The first-order chi connectivity index (χ1) is 6.65. The lowest BCUT2D eigenvalue weighted by Gasteiger charge is -2.00. The van der Waals surface area contributed by atoms with Gasteiger partial charge in [-0.05, 0) is 15.9 Å². The van der Waals surface area contributed by atoms with Gasteiger partial charge in [0.25, 0.3) is 0 Å². The van der Waals surface area contributed by atoms with Gasteiger partial charge in [-0.3, -0.25) is 10.1 Å². The summed E-state index contributed by atoms with van der Waals surface area (Å²) in [5, 5.41) is 11.0. The van der Waals surface area contributed by atoms with Gasteiger partial charge in [0.2, 0.25) is 0 Å². The SMILES string of the molecule is O=[N+]([O-])c1cc(Br)cnc1SCCCl. The van der Waals surface area contributed by atoms with Crippen LogP contribution in [0.15, 0.2) is 21.8 Å². The Morgan fingerprint density at radius 3 is 3.00 bits per heavy atom. The van der Waals surface area contributed by atoms with Gasteiger partial charge in [0, 0.05) is 28.4 Å². The first-order valence-electron chi connectivity index (χ1n) is 3.64. The van der Waals surface area contributed by atoms with Crippen molar-refractivity contribution in [2.45, 2.75) is 5.03 Å². The monoisotopic (exact) mass is 296 g/mol. The number of thioether (sulfide) groups is 1. The summed E-state index contributed by atoms with van der Waals surface area (Å²) < 4.78 is 0.597. The summed E-state index contributed by atoms with van der Waals surface area (Å²) in [4.78, 5) is 14.1. The fourth-order valence-corrected chi connectivity index (χ4v) is 2.02. The summed E-state index contributed by atoms with van der Waals surface area (Å²) >= 11 is 9.90. The van der Waals surface area contributed by atoms with E-state index in [4.69, 9.17) is 11.6 Å². The van der Waals surface area contributed by atoms with E-state index >= 15 is 0 Å². The molecule has 0 aromatic carbocycles. The van der Waals surface area contributed by atoms with Gasteiger partial charge >= 0.3 is 5.69 Å². The maximum absolute atomic E-state index is 10.6. The molecule has 1 rings (SSSR count). The van der Waals surface area contributed by atoms with Crippen molar-refractivity contribution in [2.75, 3.05) is 11.6 Å². The smallest absolute Gasteiger partial charge is 0.258 e. The Balaban J connectivity index is 2.96. The van der Waals surface area contributed by atoms with Crippen LogP contribution in [0.4, 0.5) is 5.69 Å². The van der Waals surface area contributed by atoms with Gasteiger partial charge in [0.1, 0.15) is 0 Å². The quantitative estimate of drug-likeness (QED) is 0.371. The summed E-state index contributed by atoms with van der Waals surface area (Å²) in [7, 11) is 0. The van der Waals surface area contributed by atoms with Crippen LogP contribution in [0.5, 0.6) is 0 Å². The largest absolute Gasteiger partial charge is 0.302 e. The standard InChI is InChI=1S/C7H6BrClN2O2S/c8-5-3-6(11(12)13)7(10-4-5)14-2-1-9/h3-4H,1-2H2. The molecule has 0 aliphatic heterocycles. The van der Waals surface area contributed by atoms with Crippen molar-refractivity contribution >= 4 is 45.0 Å². The highest BCUT2D eigenvalue weighted by atomic mass is 79.9. The number of rotatable bonds is 4. The zero-order valence-electron chi connectivity index (χ0n) is 6.94. The van der Waals surface area contributed by atoms with E-state index in [2.05, 4.69) is 20.9 Å². The van der Waals surface area contributed by atoms with Crippen LogP contribution in [0.1, 0.15) is 0 Å². The van der Waals surface area contributed by atoms with Crippen molar-refractivity contribution in [3.05, 3.63) is 26.9 Å². The number of hydrogen-bond donors (Lipinski definition) is 0. The Labute approximate surface area is 98.3 Å². The van der Waals surface area contributed by atoms with Gasteiger partial charge in [0.05, 0.1) is 4.92 Å². The minimum absolute atomic E-state index is 0.00879. The first-order valence-corrected chi connectivity index (χ1v) is 5.95. The second-order valence-electron chi connectivity index (χ2n) is 2.27. The van der Waals surface area contributed by atoms with E-state index in [1.165, 1.54) is 24.0 Å². The van der Waals surface area contributed by atoms with Crippen LogP contribution in [0, 0.1) is 10.1 Å². The molecule has 14 heavy (non-hydrogen) atoms. The predicted octanol–water partition coefficient (Wildman–Crippen LogP) is 3.08. The highest BCUT2D eigenvalue weighted by Crippen LogP contribution is 2.29. The molecule has 0 atom stereocenters. The molecule has 4 nitrogen and oxygen atoms in total. The molecule has 1 aromatic heterocycles. The third-order valence-electron chi connectivity index (χ3n) is 1.31. The zero-order chi connectivity index (χ0) is 10.6. The van der Waals surface area contributed by atoms with E-state index in [9.17, 15) is 10.1 Å². The average Bonchev–Trinajstić information content (AvgIpc) is 2.15. The third-order valence-corrected chi connectivity index (χ3v) is 3.15. The molecule has 0 saturated carbocycles. The highest BCUT2D eigenvalue weighted by Gasteiger charge is 2.15. The minimum atomic E-state index is -0.450. The van der Waals surface area contributed by atoms with Gasteiger partial charge < -0.3 is 0 Å². The van der Waals surface area contributed by atoms with Crippen molar-refractivity contribution in [3.8, 4) is 0 Å². The number of halogens is 2. The topological polar surface area (TPSA) is 56.0 Å². The number of alkyl halides is 1. The van der Waals surface area contributed by atoms with Gasteiger partial charge in [-0.2, -0.15) is 0 Å². The molecule has 7 heteroatoms. The molecule has 0 fully saturated rings. The van der Waals surface area contributed by atoms with Crippen LogP contribution in [0.3, 0.4) is 0 Å². The van der Waals surface area contributed by atoms with Crippen molar-refractivity contribution < 1.29 is 4.92 Å². The van der Waals surface area contributed by atoms with E-state index < -0.39 is 4.92 Å². The summed E-state index contributed by atoms with van der Waals surface area (Å²) in [6.45, 7) is 0. The maximum Gasteiger partial charge on any atom is 0.302 e. The molecule has 0 saturated heterocycles. The van der Waals surface area contributed by atoms with Gasteiger partial charge in [-0.1, -0.05) is 11.8 Å². The van der Waals surface area contributed by atoms with E-state index in [1.807, 2.05) is 0 Å². The second-order valence-corrected chi connectivity index (χ2v) is 4.65. The fraction of sp³-hybridized carbons (Fsp3) is 0.286. The molecule has 0 N–H and O–H groups in total. The van der Waals surface area contributed by atoms with E-state index in [1.54, 1.807) is 0 Å². The van der Waals surface area contributed by atoms with Gasteiger partial charge in [-0.25, -0.2) is 4.98 Å². The van der Waals surface area contributed by atoms with Crippen LogP contribution in [-0.2, 0) is 0 Å². The molecule has 76 valence electrons. The molecule has 0 bridgehead atoms. The Kier molecular flexibility index (Phi) is 4.64. The molecule has 0 spiro atoms.